The maximum Gasteiger partial charge on any atom is 0.255 e. The van der Waals surface area contributed by atoms with Gasteiger partial charge in [-0.3, -0.25) is 9.59 Å². The number of furan rings is 1. The van der Waals surface area contributed by atoms with E-state index in [0.717, 1.165) is 0 Å². The molecule has 9 nitrogen and oxygen atoms in total. The fraction of sp³-hybridized carbons (Fsp3) is 0.161. The van der Waals surface area contributed by atoms with Crippen LogP contribution >= 0.6 is 0 Å². The van der Waals surface area contributed by atoms with Gasteiger partial charge in [-0.15, -0.1) is 0 Å². The molecule has 1 aliphatic rings. The fourth-order valence-electron chi connectivity index (χ4n) is 4.93. The first-order valence-corrected chi connectivity index (χ1v) is 12.9. The van der Waals surface area contributed by atoms with Crippen LogP contribution in [0.4, 0.5) is 4.39 Å². The third-order valence-electron chi connectivity index (χ3n) is 7.22. The van der Waals surface area contributed by atoms with Crippen LogP contribution in [-0.4, -0.2) is 41.0 Å². The molecule has 3 aromatic carbocycles. The number of fused-ring (bicyclic) bond motifs is 1. The van der Waals surface area contributed by atoms with Crippen LogP contribution in [0.15, 0.2) is 77.5 Å². The molecule has 1 fully saturated rings. The molecule has 2 aromatic heterocycles. The van der Waals surface area contributed by atoms with Crippen molar-refractivity contribution in [3.63, 3.8) is 0 Å². The molecule has 3 N–H and O–H groups in total. The lowest BCUT2D eigenvalue weighted by Crippen LogP contribution is -2.36. The zero-order valence-electron chi connectivity index (χ0n) is 22.2. The summed E-state index contributed by atoms with van der Waals surface area (Å²) in [7, 11) is 2.97. The topological polar surface area (TPSA) is 127 Å². The normalized spacial score (nSPS) is 13.5. The Bertz CT molecular complexity index is 1800. The van der Waals surface area contributed by atoms with Crippen LogP contribution in [0.1, 0.15) is 39.4 Å². The summed E-state index contributed by atoms with van der Waals surface area (Å²) in [5, 5.41) is 17.1. The predicted molar refractivity (Wildman–Crippen MR) is 149 cm³/mol. The molecule has 1 saturated carbocycles. The number of phenols is 1. The molecule has 1 aliphatic carbocycles. The van der Waals surface area contributed by atoms with Crippen molar-refractivity contribution in [2.45, 2.75) is 18.4 Å². The average molecular weight is 553 g/mol. The van der Waals surface area contributed by atoms with Crippen molar-refractivity contribution in [2.75, 3.05) is 14.2 Å². The largest absolute Gasteiger partial charge is 0.507 e. The minimum Gasteiger partial charge on any atom is -0.507 e. The van der Waals surface area contributed by atoms with Gasteiger partial charge in [-0.25, -0.2) is 14.4 Å². The summed E-state index contributed by atoms with van der Waals surface area (Å²) < 4.78 is 25.0. The molecular weight excluding hydrogens is 527 g/mol. The van der Waals surface area contributed by atoms with Gasteiger partial charge in [0.15, 0.2) is 5.82 Å². The first-order chi connectivity index (χ1) is 19.8. The van der Waals surface area contributed by atoms with Gasteiger partial charge in [0.2, 0.25) is 0 Å². The number of phenolic OH excluding ortho intramolecular Hbond substituents is 1. The lowest BCUT2D eigenvalue weighted by molar-refractivity contribution is 0.0923. The minimum atomic E-state index is -0.642. The van der Waals surface area contributed by atoms with Gasteiger partial charge in [0.1, 0.15) is 34.2 Å². The first-order valence-electron chi connectivity index (χ1n) is 12.9. The summed E-state index contributed by atoms with van der Waals surface area (Å²) in [5.74, 6) is -0.185. The number of nitrogens with zero attached hydrogens (tertiary/aromatic N) is 2. The van der Waals surface area contributed by atoms with E-state index in [2.05, 4.69) is 20.6 Å². The van der Waals surface area contributed by atoms with Crippen LogP contribution in [0, 0.1) is 5.82 Å². The van der Waals surface area contributed by atoms with E-state index in [1.54, 1.807) is 42.7 Å². The highest BCUT2D eigenvalue weighted by molar-refractivity contribution is 6.12. The molecule has 0 spiro atoms. The molecule has 2 amide bonds. The van der Waals surface area contributed by atoms with E-state index in [4.69, 9.17) is 9.15 Å². The SMILES string of the molecule is CNC(=O)c1c(-c2ccc(F)cc2)oc2cc(O)c(-c3ccc(OC)c(C(=O)NC4(c5ncccn5)CC4)c3)cc12. The number of hydrogen-bond acceptors (Lipinski definition) is 7. The molecule has 41 heavy (non-hydrogen) atoms. The third kappa shape index (κ3) is 4.63. The van der Waals surface area contributed by atoms with Crippen LogP contribution in [0.5, 0.6) is 11.5 Å². The van der Waals surface area contributed by atoms with E-state index < -0.39 is 17.3 Å². The highest BCUT2D eigenvalue weighted by Crippen LogP contribution is 2.45. The maximum atomic E-state index is 13.6. The van der Waals surface area contributed by atoms with Gasteiger partial charge < -0.3 is 24.9 Å². The summed E-state index contributed by atoms with van der Waals surface area (Å²) in [6.45, 7) is 0. The van der Waals surface area contributed by atoms with E-state index >= 15 is 0 Å². The Labute approximate surface area is 234 Å². The highest BCUT2D eigenvalue weighted by atomic mass is 19.1. The Morgan fingerprint density at radius 1 is 1.00 bits per heavy atom. The molecule has 0 atom stereocenters. The number of hydrogen-bond donors (Lipinski definition) is 3. The molecule has 10 heteroatoms. The zero-order valence-corrected chi connectivity index (χ0v) is 22.2. The summed E-state index contributed by atoms with van der Waals surface area (Å²) in [5.41, 5.74) is 1.52. The Kier molecular flexibility index (Phi) is 6.37. The van der Waals surface area contributed by atoms with Crippen molar-refractivity contribution in [1.82, 2.24) is 20.6 Å². The third-order valence-corrected chi connectivity index (χ3v) is 7.22. The second-order valence-electron chi connectivity index (χ2n) is 9.78. The number of carbonyl (C=O) groups excluding carboxylic acids is 2. The second kappa shape index (κ2) is 10.1. The molecular formula is C31H25FN4O5. The number of halogens is 1. The van der Waals surface area contributed by atoms with Crippen LogP contribution in [0.3, 0.4) is 0 Å². The van der Waals surface area contributed by atoms with Crippen LogP contribution < -0.4 is 15.4 Å². The number of nitrogens with one attached hydrogen (secondary N) is 2. The Balaban J connectivity index is 1.43. The van der Waals surface area contributed by atoms with Gasteiger partial charge in [-0.05, 0) is 66.9 Å². The van der Waals surface area contributed by atoms with E-state index in [1.165, 1.54) is 44.5 Å². The monoisotopic (exact) mass is 552 g/mol. The number of rotatable bonds is 7. The van der Waals surface area contributed by atoms with Crippen LogP contribution in [0.2, 0.25) is 0 Å². The standard InChI is InChI=1S/C31H25FN4O5/c1-33-29(39)26-21-15-20(23(37)16-25(21)41-27(26)17-4-7-19(32)8-5-17)18-6-9-24(40-2)22(14-18)28(38)36-31(10-11-31)30-34-12-3-13-35-30/h3-9,12-16,37H,10-11H2,1-2H3,(H,33,39)(H,36,38). The minimum absolute atomic E-state index is 0.117. The fourth-order valence-corrected chi connectivity index (χ4v) is 4.93. The Morgan fingerprint density at radius 2 is 1.71 bits per heavy atom. The quantitative estimate of drug-likeness (QED) is 0.254. The van der Waals surface area contributed by atoms with Crippen molar-refractivity contribution < 1.29 is 28.2 Å². The van der Waals surface area contributed by atoms with Crippen molar-refractivity contribution in [1.29, 1.82) is 0 Å². The number of methoxy groups -OCH3 is 1. The summed E-state index contributed by atoms with van der Waals surface area (Å²) in [4.78, 5) is 35.1. The van der Waals surface area contributed by atoms with E-state index in [9.17, 15) is 19.1 Å². The van der Waals surface area contributed by atoms with Gasteiger partial charge in [0, 0.05) is 42.0 Å². The van der Waals surface area contributed by atoms with Gasteiger partial charge in [-0.1, -0.05) is 6.07 Å². The number of carbonyl (C=O) groups is 2. The van der Waals surface area contributed by atoms with Gasteiger partial charge in [-0.2, -0.15) is 0 Å². The number of benzene rings is 3. The van der Waals surface area contributed by atoms with E-state index in [-0.39, 0.29) is 34.1 Å². The van der Waals surface area contributed by atoms with Gasteiger partial charge >= 0.3 is 0 Å². The smallest absolute Gasteiger partial charge is 0.255 e. The van der Waals surface area contributed by atoms with Gasteiger partial charge in [0.25, 0.3) is 11.8 Å². The Hall–Kier alpha value is -5.25. The molecule has 206 valence electrons. The predicted octanol–water partition coefficient (Wildman–Crippen LogP) is 5.19. The lowest BCUT2D eigenvalue weighted by atomic mass is 9.97. The zero-order chi connectivity index (χ0) is 28.7. The van der Waals surface area contributed by atoms with Gasteiger partial charge in [0.05, 0.1) is 18.2 Å². The number of ether oxygens (including phenoxy) is 1. The van der Waals surface area contributed by atoms with Crippen molar-refractivity contribution in [2.24, 2.45) is 0 Å². The van der Waals surface area contributed by atoms with E-state index in [1.807, 2.05) is 0 Å². The summed E-state index contributed by atoms with van der Waals surface area (Å²) in [6, 6.07) is 15.3. The molecule has 0 unspecified atom stereocenters. The van der Waals surface area contributed by atoms with Crippen molar-refractivity contribution in [3.8, 4) is 33.9 Å². The summed E-state index contributed by atoms with van der Waals surface area (Å²) >= 11 is 0. The molecule has 2 heterocycles. The maximum absolute atomic E-state index is 13.6. The highest BCUT2D eigenvalue weighted by Gasteiger charge is 2.48. The molecule has 0 bridgehead atoms. The van der Waals surface area contributed by atoms with E-state index in [0.29, 0.717) is 46.5 Å². The molecule has 5 aromatic rings. The molecule has 0 saturated heterocycles. The number of amides is 2. The molecule has 0 radical (unpaired) electrons. The van der Waals surface area contributed by atoms with Crippen LogP contribution in [0.25, 0.3) is 33.4 Å². The lowest BCUT2D eigenvalue weighted by Gasteiger charge is -2.18. The Morgan fingerprint density at radius 3 is 2.37 bits per heavy atom. The second-order valence-corrected chi connectivity index (χ2v) is 9.78. The summed E-state index contributed by atoms with van der Waals surface area (Å²) in [6.07, 6.45) is 4.70. The number of aromatic nitrogens is 2. The van der Waals surface area contributed by atoms with Crippen LogP contribution in [-0.2, 0) is 5.54 Å². The first kappa shape index (κ1) is 26.0. The number of aromatic hydroxyl groups is 1. The van der Waals surface area contributed by atoms with Crippen molar-refractivity contribution >= 4 is 22.8 Å². The average Bonchev–Trinajstić information content (AvgIpc) is 3.69. The molecule has 6 rings (SSSR count). The van der Waals surface area contributed by atoms with Crippen molar-refractivity contribution in [3.05, 3.63) is 95.8 Å². The molecule has 0 aliphatic heterocycles.